The van der Waals surface area contributed by atoms with Crippen molar-refractivity contribution in [3.63, 3.8) is 0 Å². The maximum atomic E-state index is 10.2. The molecule has 480 valence electrons. The molecular formula is C72H140AlKO8. The second-order valence-corrected chi connectivity index (χ2v) is 24.3. The number of carboxylic acids is 4. The number of carbonyl (C=O) groups is 4. The molecule has 0 aliphatic rings. The van der Waals surface area contributed by atoms with E-state index < -0.39 is 23.9 Å². The maximum Gasteiger partial charge on any atom is 3.00 e. The van der Waals surface area contributed by atoms with Crippen molar-refractivity contribution < 1.29 is 91.0 Å². The predicted octanol–water partition coefficient (Wildman–Crippen LogP) is 16.6. The second-order valence-electron chi connectivity index (χ2n) is 24.3. The molecule has 0 bridgehead atoms. The van der Waals surface area contributed by atoms with Crippen LogP contribution in [0, 0.1) is 0 Å². The Morgan fingerprint density at radius 3 is 0.317 bits per heavy atom. The molecule has 0 spiro atoms. The standard InChI is InChI=1S/4C18H36O2.Al.K/c4*1-2-3-4-5-6-7-8-9-10-11-12-13-14-15-16-17-18(19)20;;/h4*2-17H2,1H3,(H,19,20);;/q;;;;+3;+1/p-4. The fourth-order valence-electron chi connectivity index (χ4n) is 10.6. The van der Waals surface area contributed by atoms with Crippen LogP contribution in [0.2, 0.25) is 0 Å². The van der Waals surface area contributed by atoms with Crippen LogP contribution in [-0.4, -0.2) is 41.2 Å². The third-order valence-electron chi connectivity index (χ3n) is 15.9. The first-order valence-electron chi connectivity index (χ1n) is 35.9. The van der Waals surface area contributed by atoms with Crippen LogP contribution in [0.15, 0.2) is 0 Å². The van der Waals surface area contributed by atoms with Crippen molar-refractivity contribution in [3.8, 4) is 0 Å². The van der Waals surface area contributed by atoms with Gasteiger partial charge in [0, 0.05) is 23.9 Å². The Morgan fingerprint density at radius 1 is 0.171 bits per heavy atom. The molecule has 0 amide bonds. The first-order chi connectivity index (χ1) is 39.1. The van der Waals surface area contributed by atoms with E-state index in [9.17, 15) is 39.6 Å². The molecule has 0 aromatic rings. The van der Waals surface area contributed by atoms with Gasteiger partial charge in [0.2, 0.25) is 0 Å². The van der Waals surface area contributed by atoms with Crippen LogP contribution in [0.1, 0.15) is 439 Å². The minimum Gasteiger partial charge on any atom is -0.550 e. The van der Waals surface area contributed by atoms with Crippen molar-refractivity contribution in [1.82, 2.24) is 0 Å². The molecule has 0 aromatic carbocycles. The SMILES string of the molecule is CCCCCCCCCCCCCCCCCC(=O)[O-].CCCCCCCCCCCCCCCCCC(=O)[O-].CCCCCCCCCCCCCCCCCC(=O)[O-].CCCCCCCCCCCCCCCCCC(=O)[O-].[Al+3].[K+]. The molecule has 0 heterocycles. The van der Waals surface area contributed by atoms with Crippen molar-refractivity contribution in [2.45, 2.75) is 439 Å². The number of rotatable bonds is 64. The number of carbonyl (C=O) groups excluding carboxylic acids is 4. The van der Waals surface area contributed by atoms with E-state index in [-0.39, 0.29) is 94.4 Å². The Kier molecular flexibility index (Phi) is 102. The smallest absolute Gasteiger partial charge is 0.550 e. The van der Waals surface area contributed by atoms with Gasteiger partial charge in [-0.25, -0.2) is 0 Å². The zero-order chi connectivity index (χ0) is 59.6. The molecule has 0 aliphatic heterocycles. The van der Waals surface area contributed by atoms with Gasteiger partial charge in [0.15, 0.2) is 0 Å². The zero-order valence-corrected chi connectivity index (χ0v) is 60.4. The minimum atomic E-state index is -0.903. The maximum absolute atomic E-state index is 10.2. The van der Waals surface area contributed by atoms with Crippen molar-refractivity contribution in [1.29, 1.82) is 0 Å². The number of hydrogen-bond donors (Lipinski definition) is 0. The molecule has 0 fully saturated rings. The van der Waals surface area contributed by atoms with Crippen molar-refractivity contribution in [3.05, 3.63) is 0 Å². The van der Waals surface area contributed by atoms with Crippen LogP contribution < -0.4 is 71.8 Å². The van der Waals surface area contributed by atoms with Gasteiger partial charge in [0.1, 0.15) is 0 Å². The van der Waals surface area contributed by atoms with Gasteiger partial charge in [-0.1, -0.05) is 387 Å². The van der Waals surface area contributed by atoms with Crippen LogP contribution in [0.5, 0.6) is 0 Å². The molecular weight excluding hydrogens is 1060 g/mol. The van der Waals surface area contributed by atoms with E-state index >= 15 is 0 Å². The molecule has 82 heavy (non-hydrogen) atoms. The normalized spacial score (nSPS) is 10.6. The number of hydrogen-bond acceptors (Lipinski definition) is 8. The third-order valence-corrected chi connectivity index (χ3v) is 15.9. The summed E-state index contributed by atoms with van der Waals surface area (Å²) in [5, 5.41) is 40.9. The monoisotopic (exact) mass is 1200 g/mol. The Hall–Kier alpha value is 0.0488. The van der Waals surface area contributed by atoms with Crippen LogP contribution in [0.3, 0.4) is 0 Å². The van der Waals surface area contributed by atoms with E-state index in [0.29, 0.717) is 0 Å². The first kappa shape index (κ1) is 93.2. The molecule has 10 heteroatoms. The van der Waals surface area contributed by atoms with Crippen LogP contribution >= 0.6 is 0 Å². The minimum absolute atomic E-state index is 0. The zero-order valence-electron chi connectivity index (χ0n) is 56.1. The Bertz CT molecular complexity index is 998. The predicted molar refractivity (Wildman–Crippen MR) is 344 cm³/mol. The summed E-state index contributed by atoms with van der Waals surface area (Å²) in [6.45, 7) is 9.07. The van der Waals surface area contributed by atoms with Gasteiger partial charge in [0.05, 0.1) is 0 Å². The molecule has 0 unspecified atom stereocenters. The van der Waals surface area contributed by atoms with Gasteiger partial charge in [0.25, 0.3) is 0 Å². The summed E-state index contributed by atoms with van der Waals surface area (Å²) in [5.41, 5.74) is 0. The average molecular weight is 1200 g/mol. The molecule has 0 saturated heterocycles. The van der Waals surface area contributed by atoms with Gasteiger partial charge in [-0.15, -0.1) is 0 Å². The molecule has 0 aromatic heterocycles. The molecule has 0 aliphatic carbocycles. The van der Waals surface area contributed by atoms with Crippen LogP contribution in [0.25, 0.3) is 0 Å². The van der Waals surface area contributed by atoms with Gasteiger partial charge in [-0.2, -0.15) is 0 Å². The fraction of sp³-hybridized carbons (Fsp3) is 0.944. The summed E-state index contributed by atoms with van der Waals surface area (Å²) in [7, 11) is 0. The van der Waals surface area contributed by atoms with Gasteiger partial charge in [-0.3, -0.25) is 0 Å². The van der Waals surface area contributed by atoms with E-state index in [1.54, 1.807) is 0 Å². The fourth-order valence-corrected chi connectivity index (χ4v) is 10.6. The molecule has 8 nitrogen and oxygen atoms in total. The Labute approximate surface area is 565 Å². The van der Waals surface area contributed by atoms with E-state index in [1.807, 2.05) is 0 Å². The van der Waals surface area contributed by atoms with Crippen molar-refractivity contribution in [2.24, 2.45) is 0 Å². The summed E-state index contributed by atoms with van der Waals surface area (Å²) in [5.74, 6) is -3.61. The number of aliphatic carboxylic acids is 4. The number of carboxylic acid groups (broad SMARTS) is 4. The first-order valence-corrected chi connectivity index (χ1v) is 35.9. The number of unbranched alkanes of at least 4 members (excludes halogenated alkanes) is 56. The Morgan fingerprint density at radius 2 is 0.244 bits per heavy atom. The van der Waals surface area contributed by atoms with E-state index in [4.69, 9.17) is 0 Å². The van der Waals surface area contributed by atoms with E-state index in [2.05, 4.69) is 27.7 Å². The summed E-state index contributed by atoms with van der Waals surface area (Å²) < 4.78 is 0. The van der Waals surface area contributed by atoms with Gasteiger partial charge in [-0.05, 0) is 51.4 Å². The topological polar surface area (TPSA) is 161 Å². The van der Waals surface area contributed by atoms with Crippen molar-refractivity contribution in [2.75, 3.05) is 0 Å². The molecule has 0 radical (unpaired) electrons. The Balaban J connectivity index is -0.000000233. The molecule has 0 saturated carbocycles. The molecule has 0 N–H and O–H groups in total. The quantitative estimate of drug-likeness (QED) is 0.0430. The second kappa shape index (κ2) is 89.8. The van der Waals surface area contributed by atoms with Gasteiger partial charge >= 0.3 is 68.7 Å². The average Bonchev–Trinajstić information content (AvgIpc) is 3.43. The van der Waals surface area contributed by atoms with E-state index in [0.717, 1.165) is 51.4 Å². The summed E-state index contributed by atoms with van der Waals surface area (Å²) in [4.78, 5) is 40.9. The van der Waals surface area contributed by atoms with Crippen molar-refractivity contribution >= 4 is 41.2 Å². The largest absolute Gasteiger partial charge is 3.00 e. The van der Waals surface area contributed by atoms with Crippen LogP contribution in [0.4, 0.5) is 0 Å². The summed E-state index contributed by atoms with van der Waals surface area (Å²) in [6, 6.07) is 0. The summed E-state index contributed by atoms with van der Waals surface area (Å²) >= 11 is 0. The summed E-state index contributed by atoms with van der Waals surface area (Å²) in [6.07, 6.45) is 79.4. The van der Waals surface area contributed by atoms with Gasteiger partial charge < -0.3 is 39.6 Å². The third kappa shape index (κ3) is 108. The van der Waals surface area contributed by atoms with Crippen LogP contribution in [-0.2, 0) is 19.2 Å². The van der Waals surface area contributed by atoms with E-state index in [1.165, 1.54) is 334 Å². The molecule has 0 atom stereocenters. The molecule has 0 rings (SSSR count).